The summed E-state index contributed by atoms with van der Waals surface area (Å²) in [7, 11) is 0. The zero-order valence-electron chi connectivity index (χ0n) is 17.8. The molecule has 6 heteroatoms. The van der Waals surface area contributed by atoms with E-state index < -0.39 is 11.2 Å². The largest absolute Gasteiger partial charge is 0.612 e. The van der Waals surface area contributed by atoms with Gasteiger partial charge in [-0.1, -0.05) is 12.5 Å². The minimum Gasteiger partial charge on any atom is -0.612 e. The van der Waals surface area contributed by atoms with E-state index in [0.717, 1.165) is 70.7 Å². The predicted molar refractivity (Wildman–Crippen MR) is 122 cm³/mol. The fourth-order valence-corrected chi connectivity index (χ4v) is 4.70. The molecule has 1 aliphatic carbocycles. The van der Waals surface area contributed by atoms with Gasteiger partial charge in [0.1, 0.15) is 12.1 Å². The lowest BCUT2D eigenvalue weighted by molar-refractivity contribution is -0.193. The van der Waals surface area contributed by atoms with Crippen LogP contribution in [-0.4, -0.2) is 34.9 Å². The van der Waals surface area contributed by atoms with Gasteiger partial charge >= 0.3 is 5.97 Å². The van der Waals surface area contributed by atoms with Gasteiger partial charge in [-0.3, -0.25) is 0 Å². The molecule has 1 saturated heterocycles. The molecule has 4 nitrogen and oxygen atoms in total. The molecule has 1 fully saturated rings. The van der Waals surface area contributed by atoms with Crippen LogP contribution < -0.4 is 0 Å². The monoisotopic (exact) mass is 439 g/mol. The number of carbonyl (C=O) groups is 1. The molecule has 0 N–H and O–H groups in total. The highest BCUT2D eigenvalue weighted by molar-refractivity contribution is 7.90. The van der Waals surface area contributed by atoms with E-state index in [0.29, 0.717) is 0 Å². The van der Waals surface area contributed by atoms with E-state index in [9.17, 15) is 13.7 Å². The number of hydrogen-bond acceptors (Lipinski definition) is 4. The molecule has 0 saturated carbocycles. The van der Waals surface area contributed by atoms with Crippen LogP contribution in [0, 0.1) is 5.82 Å². The zero-order valence-corrected chi connectivity index (χ0v) is 18.6. The second kappa shape index (κ2) is 9.39. The van der Waals surface area contributed by atoms with Crippen LogP contribution in [0.5, 0.6) is 0 Å². The van der Waals surface area contributed by atoms with Crippen molar-refractivity contribution in [3.63, 3.8) is 0 Å². The molecule has 2 aromatic rings. The first-order valence-electron chi connectivity index (χ1n) is 10.5. The SMILES string of the molecule is CC1=C(CC(=O)ON2CCCCC2)c2cc(F)ccc2/C1=C\c1ccc([S+](C)[O-])cc1. The molecule has 0 amide bonds. The van der Waals surface area contributed by atoms with Gasteiger partial charge in [-0.25, -0.2) is 9.18 Å². The molecular weight excluding hydrogens is 413 g/mol. The van der Waals surface area contributed by atoms with Crippen molar-refractivity contribution in [2.45, 2.75) is 37.5 Å². The molecule has 0 aromatic heterocycles. The number of allylic oxidation sites excluding steroid dienone is 2. The highest BCUT2D eigenvalue weighted by Crippen LogP contribution is 2.44. The van der Waals surface area contributed by atoms with Crippen molar-refractivity contribution in [1.82, 2.24) is 5.06 Å². The summed E-state index contributed by atoms with van der Waals surface area (Å²) >= 11 is -1.03. The summed E-state index contributed by atoms with van der Waals surface area (Å²) in [5.41, 5.74) is 5.30. The number of hydroxylamine groups is 2. The Kier molecular flexibility index (Phi) is 6.60. The van der Waals surface area contributed by atoms with E-state index >= 15 is 0 Å². The average molecular weight is 440 g/mol. The molecule has 0 spiro atoms. The lowest BCUT2D eigenvalue weighted by atomic mass is 10.0. The summed E-state index contributed by atoms with van der Waals surface area (Å²) in [5.74, 6) is -0.646. The van der Waals surface area contributed by atoms with Crippen molar-refractivity contribution in [2.24, 2.45) is 0 Å². The summed E-state index contributed by atoms with van der Waals surface area (Å²) in [6.45, 7) is 3.49. The van der Waals surface area contributed by atoms with E-state index in [1.54, 1.807) is 17.4 Å². The Bertz CT molecular complexity index is 1040. The van der Waals surface area contributed by atoms with E-state index in [1.165, 1.54) is 12.1 Å². The maximum atomic E-state index is 14.1. The Morgan fingerprint density at radius 3 is 2.52 bits per heavy atom. The molecule has 2 aliphatic rings. The predicted octanol–water partition coefficient (Wildman–Crippen LogP) is 5.23. The lowest BCUT2D eigenvalue weighted by Crippen LogP contribution is -2.32. The van der Waals surface area contributed by atoms with Crippen molar-refractivity contribution >= 4 is 34.4 Å². The third-order valence-corrected chi connectivity index (χ3v) is 6.78. The highest BCUT2D eigenvalue weighted by Gasteiger charge is 2.27. The van der Waals surface area contributed by atoms with Crippen molar-refractivity contribution < 1.29 is 18.6 Å². The topological polar surface area (TPSA) is 52.6 Å². The maximum Gasteiger partial charge on any atom is 0.329 e. The summed E-state index contributed by atoms with van der Waals surface area (Å²) in [6, 6.07) is 12.2. The number of fused-ring (bicyclic) bond motifs is 1. The number of piperidine rings is 1. The smallest absolute Gasteiger partial charge is 0.329 e. The molecule has 1 heterocycles. The third kappa shape index (κ3) is 4.92. The van der Waals surface area contributed by atoms with Crippen LogP contribution in [0.1, 0.15) is 49.3 Å². The number of nitrogens with zero attached hydrogens (tertiary/aromatic N) is 1. The Morgan fingerprint density at radius 1 is 1.13 bits per heavy atom. The van der Waals surface area contributed by atoms with Crippen molar-refractivity contribution in [2.75, 3.05) is 19.3 Å². The van der Waals surface area contributed by atoms with Gasteiger partial charge in [0.15, 0.2) is 4.90 Å². The fraction of sp³-hybridized carbons (Fsp3) is 0.320. The molecule has 1 unspecified atom stereocenters. The Morgan fingerprint density at radius 2 is 1.84 bits per heavy atom. The van der Waals surface area contributed by atoms with E-state index in [4.69, 9.17) is 4.84 Å². The lowest BCUT2D eigenvalue weighted by Gasteiger charge is -2.25. The number of rotatable bonds is 5. The second-order valence-corrected chi connectivity index (χ2v) is 9.38. The molecule has 162 valence electrons. The van der Waals surface area contributed by atoms with Crippen molar-refractivity contribution in [3.8, 4) is 0 Å². The van der Waals surface area contributed by atoms with Crippen LogP contribution in [0.15, 0.2) is 52.9 Å². The van der Waals surface area contributed by atoms with Crippen LogP contribution in [0.4, 0.5) is 4.39 Å². The van der Waals surface area contributed by atoms with Gasteiger partial charge in [-0.2, -0.15) is 0 Å². The Labute approximate surface area is 185 Å². The summed E-state index contributed by atoms with van der Waals surface area (Å²) in [4.78, 5) is 19.0. The molecule has 1 aliphatic heterocycles. The Hall–Kier alpha value is -2.41. The molecule has 0 radical (unpaired) electrons. The van der Waals surface area contributed by atoms with Crippen LogP contribution in [-0.2, 0) is 20.8 Å². The number of benzene rings is 2. The molecule has 4 rings (SSSR count). The van der Waals surface area contributed by atoms with E-state index in [1.807, 2.05) is 37.3 Å². The van der Waals surface area contributed by atoms with E-state index in [-0.39, 0.29) is 18.2 Å². The second-order valence-electron chi connectivity index (χ2n) is 8.00. The molecule has 0 bridgehead atoms. The normalized spacial score (nSPS) is 18.9. The highest BCUT2D eigenvalue weighted by atomic mass is 32.2. The van der Waals surface area contributed by atoms with Crippen LogP contribution in [0.25, 0.3) is 17.2 Å². The van der Waals surface area contributed by atoms with Crippen LogP contribution in [0.3, 0.4) is 0 Å². The average Bonchev–Trinajstić information content (AvgIpc) is 3.00. The third-order valence-electron chi connectivity index (χ3n) is 5.84. The van der Waals surface area contributed by atoms with Gasteiger partial charge in [0, 0.05) is 13.1 Å². The standard InChI is InChI=1S/C25H26FNO3S/c1-17-22(14-18-6-9-20(10-7-18)31(2)29)21-11-8-19(26)15-24(21)23(17)16-25(28)30-27-12-4-3-5-13-27/h6-11,14-15H,3-5,12-13,16H2,1-2H3/b22-14-. The van der Waals surface area contributed by atoms with Crippen molar-refractivity contribution in [1.29, 1.82) is 0 Å². The van der Waals surface area contributed by atoms with Gasteiger partial charge in [0.2, 0.25) is 0 Å². The summed E-state index contributed by atoms with van der Waals surface area (Å²) in [6.07, 6.45) is 6.99. The first-order valence-corrected chi connectivity index (χ1v) is 12.1. The van der Waals surface area contributed by atoms with Crippen LogP contribution in [0.2, 0.25) is 0 Å². The molecule has 2 aromatic carbocycles. The van der Waals surface area contributed by atoms with Gasteiger partial charge in [-0.05, 0) is 107 Å². The first kappa shape index (κ1) is 21.8. The Balaban J connectivity index is 1.63. The number of halogens is 1. The quantitative estimate of drug-likeness (QED) is 0.599. The minimum absolute atomic E-state index is 0.101. The van der Waals surface area contributed by atoms with Gasteiger partial charge in [0.25, 0.3) is 0 Å². The molecule has 1 atom stereocenters. The van der Waals surface area contributed by atoms with Gasteiger partial charge in [0.05, 0.1) is 6.42 Å². The minimum atomic E-state index is -1.03. The summed E-state index contributed by atoms with van der Waals surface area (Å²) in [5, 5.41) is 1.74. The van der Waals surface area contributed by atoms with E-state index in [2.05, 4.69) is 0 Å². The fourth-order valence-electron chi connectivity index (χ4n) is 4.18. The van der Waals surface area contributed by atoms with Gasteiger partial charge in [-0.15, -0.1) is 5.06 Å². The van der Waals surface area contributed by atoms with Gasteiger partial charge < -0.3 is 9.39 Å². The molecule has 31 heavy (non-hydrogen) atoms. The van der Waals surface area contributed by atoms with Crippen molar-refractivity contribution in [3.05, 3.63) is 70.5 Å². The number of hydrogen-bond donors (Lipinski definition) is 0. The maximum absolute atomic E-state index is 14.1. The molecular formula is C25H26FNO3S. The zero-order chi connectivity index (χ0) is 22.0. The first-order chi connectivity index (χ1) is 14.9. The van der Waals surface area contributed by atoms with Crippen LogP contribution >= 0.6 is 0 Å². The summed E-state index contributed by atoms with van der Waals surface area (Å²) < 4.78 is 25.7. The number of carbonyl (C=O) groups excluding carboxylic acids is 1.